The van der Waals surface area contributed by atoms with Crippen molar-refractivity contribution < 1.29 is 76.0 Å². The van der Waals surface area contributed by atoms with E-state index in [0.717, 1.165) is 22.4 Å². The number of rotatable bonds is 42. The van der Waals surface area contributed by atoms with Gasteiger partial charge >= 0.3 is 6.09 Å². The van der Waals surface area contributed by atoms with Gasteiger partial charge in [0.2, 0.25) is 11.8 Å². The molecule has 0 atom stereocenters. The predicted molar refractivity (Wildman–Crippen MR) is 256 cm³/mol. The summed E-state index contributed by atoms with van der Waals surface area (Å²) in [4.78, 5) is 38.9. The van der Waals surface area contributed by atoms with Crippen molar-refractivity contribution >= 4 is 23.6 Å². The van der Waals surface area contributed by atoms with Crippen molar-refractivity contribution in [2.24, 2.45) is 0 Å². The lowest BCUT2D eigenvalue weighted by Gasteiger charge is -2.26. The van der Waals surface area contributed by atoms with Gasteiger partial charge in [0.1, 0.15) is 5.60 Å². The van der Waals surface area contributed by atoms with Gasteiger partial charge in [0, 0.05) is 37.1 Å². The minimum absolute atomic E-state index is 0.0863. The van der Waals surface area contributed by atoms with E-state index in [0.29, 0.717) is 165 Å². The first-order chi connectivity index (χ1) is 33.7. The van der Waals surface area contributed by atoms with Crippen LogP contribution < -0.4 is 15.5 Å². The quantitative estimate of drug-likeness (QED) is 0.0723. The minimum atomic E-state index is -0.522. The maximum absolute atomic E-state index is 13.3. The molecule has 0 bridgehead atoms. The van der Waals surface area contributed by atoms with Gasteiger partial charge < -0.3 is 77.1 Å². The standard InChI is InChI=1S/C50H77N3O16/c1-50(2,3)69-49(56)52-17-19-58-21-23-60-25-27-62-29-31-64-33-35-66-37-39-68-41-40-67-38-36-65-34-32-63-30-28-61-26-24-59-22-20-57-18-15-47(54)51-16-14-48(55)53-42-45-10-5-4-8-43(45)12-13-44-9-6-7-11-46(44)53/h4-11H,14-42H2,1-3H3,(H,51,54)(H,52,56). The molecule has 2 N–H and O–H groups in total. The van der Waals surface area contributed by atoms with Crippen LogP contribution in [0.15, 0.2) is 48.5 Å². The fourth-order valence-electron chi connectivity index (χ4n) is 5.97. The van der Waals surface area contributed by atoms with Crippen LogP contribution in [0.2, 0.25) is 0 Å². The van der Waals surface area contributed by atoms with Gasteiger partial charge in [0.05, 0.1) is 171 Å². The van der Waals surface area contributed by atoms with Crippen molar-refractivity contribution in [3.8, 4) is 11.8 Å². The van der Waals surface area contributed by atoms with Crippen LogP contribution in [0, 0.1) is 11.8 Å². The molecule has 0 saturated carbocycles. The molecule has 0 fully saturated rings. The lowest BCUT2D eigenvalue weighted by Crippen LogP contribution is -2.35. The Kier molecular flexibility index (Phi) is 33.8. The number of amides is 3. The van der Waals surface area contributed by atoms with Crippen LogP contribution in [-0.2, 0) is 77.7 Å². The zero-order chi connectivity index (χ0) is 49.3. The molecule has 3 rings (SSSR count). The molecule has 0 aromatic heterocycles. The number of hydrogen-bond acceptors (Lipinski definition) is 16. The fourth-order valence-corrected chi connectivity index (χ4v) is 5.97. The number of hydrogen-bond donors (Lipinski definition) is 2. The lowest BCUT2D eigenvalue weighted by atomic mass is 10.0. The Morgan fingerprint density at radius 3 is 1.29 bits per heavy atom. The number of alkyl carbamates (subject to hydrolysis) is 1. The van der Waals surface area contributed by atoms with Crippen molar-refractivity contribution in [3.63, 3.8) is 0 Å². The Morgan fingerprint density at radius 1 is 0.464 bits per heavy atom. The number of nitrogens with zero attached hydrogens (tertiary/aromatic N) is 1. The summed E-state index contributed by atoms with van der Waals surface area (Å²) in [5, 5.41) is 5.45. The molecule has 1 heterocycles. The summed E-state index contributed by atoms with van der Waals surface area (Å²) in [6.45, 7) is 17.0. The third kappa shape index (κ3) is 31.6. The van der Waals surface area contributed by atoms with E-state index in [1.807, 2.05) is 69.3 Å². The van der Waals surface area contributed by atoms with E-state index < -0.39 is 11.7 Å². The molecule has 0 saturated heterocycles. The largest absolute Gasteiger partial charge is 0.444 e. The summed E-state index contributed by atoms with van der Waals surface area (Å²) in [5.74, 6) is 6.15. The molecule has 0 spiro atoms. The molecular formula is C50H77N3O16. The van der Waals surface area contributed by atoms with Crippen molar-refractivity contribution in [3.05, 3.63) is 65.2 Å². The van der Waals surface area contributed by atoms with Crippen molar-refractivity contribution in [1.29, 1.82) is 0 Å². The van der Waals surface area contributed by atoms with Gasteiger partial charge in [-0.1, -0.05) is 42.2 Å². The first kappa shape index (κ1) is 59.0. The molecule has 1 aliphatic rings. The van der Waals surface area contributed by atoms with Gasteiger partial charge in [-0.15, -0.1) is 0 Å². The highest BCUT2D eigenvalue weighted by atomic mass is 16.6. The molecule has 3 amide bonds. The van der Waals surface area contributed by atoms with E-state index >= 15 is 0 Å². The summed E-state index contributed by atoms with van der Waals surface area (Å²) in [6, 6.07) is 15.4. The van der Waals surface area contributed by atoms with E-state index in [4.69, 9.17) is 61.6 Å². The Labute approximate surface area is 408 Å². The Hall–Kier alpha value is -4.27. The zero-order valence-corrected chi connectivity index (χ0v) is 41.1. The molecule has 2 aromatic rings. The average molecular weight is 976 g/mol. The maximum Gasteiger partial charge on any atom is 0.407 e. The first-order valence-corrected chi connectivity index (χ1v) is 23.9. The predicted octanol–water partition coefficient (Wildman–Crippen LogP) is 3.55. The topological polar surface area (TPSA) is 198 Å². The highest BCUT2D eigenvalue weighted by Gasteiger charge is 2.21. The third-order valence-corrected chi connectivity index (χ3v) is 9.31. The highest BCUT2D eigenvalue weighted by Crippen LogP contribution is 2.26. The molecule has 69 heavy (non-hydrogen) atoms. The molecule has 388 valence electrons. The second-order valence-electron chi connectivity index (χ2n) is 16.0. The molecular weight excluding hydrogens is 899 g/mol. The lowest BCUT2D eigenvalue weighted by molar-refractivity contribution is -0.122. The molecule has 1 aliphatic heterocycles. The molecule has 19 heteroatoms. The van der Waals surface area contributed by atoms with Crippen molar-refractivity contribution in [2.75, 3.05) is 177 Å². The number of anilines is 1. The molecule has 2 aromatic carbocycles. The third-order valence-electron chi connectivity index (χ3n) is 9.31. The Bertz CT molecular complexity index is 1720. The maximum atomic E-state index is 13.3. The molecule has 0 aliphatic carbocycles. The Balaban J connectivity index is 0.948. The smallest absolute Gasteiger partial charge is 0.407 e. The van der Waals surface area contributed by atoms with Crippen molar-refractivity contribution in [2.45, 2.75) is 45.8 Å². The summed E-state index contributed by atoms with van der Waals surface area (Å²) in [7, 11) is 0. The van der Waals surface area contributed by atoms with Gasteiger partial charge in [-0.3, -0.25) is 9.59 Å². The van der Waals surface area contributed by atoms with Crippen LogP contribution >= 0.6 is 0 Å². The zero-order valence-electron chi connectivity index (χ0n) is 41.1. The summed E-state index contributed by atoms with van der Waals surface area (Å²) in [6.07, 6.45) is -0.102. The van der Waals surface area contributed by atoms with Crippen LogP contribution in [0.5, 0.6) is 0 Å². The summed E-state index contributed by atoms with van der Waals surface area (Å²) < 4.78 is 71.1. The fraction of sp³-hybridized carbons (Fsp3) is 0.660. The van der Waals surface area contributed by atoms with Gasteiger partial charge in [-0.2, -0.15) is 0 Å². The number of carbonyl (C=O) groups excluding carboxylic acids is 3. The molecule has 19 nitrogen and oxygen atoms in total. The SMILES string of the molecule is CC(C)(C)OC(=O)NCCOCCOCCOCCOCCOCCOCCOCCOCCOCCOCCOCCOCCC(=O)NCCC(=O)N1Cc2ccccc2C#Cc2ccccc21. The first-order valence-electron chi connectivity index (χ1n) is 23.9. The number of benzene rings is 2. The van der Waals surface area contributed by atoms with E-state index in [2.05, 4.69) is 22.5 Å². The highest BCUT2D eigenvalue weighted by molar-refractivity contribution is 5.95. The van der Waals surface area contributed by atoms with E-state index in [-0.39, 0.29) is 37.8 Å². The van der Waals surface area contributed by atoms with Crippen LogP contribution in [-0.4, -0.2) is 195 Å². The van der Waals surface area contributed by atoms with Crippen LogP contribution in [0.4, 0.5) is 10.5 Å². The van der Waals surface area contributed by atoms with Gasteiger partial charge in [0.15, 0.2) is 0 Å². The monoisotopic (exact) mass is 976 g/mol. The number of para-hydroxylation sites is 1. The van der Waals surface area contributed by atoms with E-state index in [9.17, 15) is 14.4 Å². The molecule has 0 unspecified atom stereocenters. The van der Waals surface area contributed by atoms with Gasteiger partial charge in [0.25, 0.3) is 0 Å². The van der Waals surface area contributed by atoms with Crippen LogP contribution in [0.1, 0.15) is 50.3 Å². The van der Waals surface area contributed by atoms with Crippen LogP contribution in [0.25, 0.3) is 0 Å². The summed E-state index contributed by atoms with van der Waals surface area (Å²) in [5.41, 5.74) is 2.93. The van der Waals surface area contributed by atoms with Gasteiger partial charge in [-0.25, -0.2) is 4.79 Å². The van der Waals surface area contributed by atoms with Gasteiger partial charge in [-0.05, 0) is 44.5 Å². The number of ether oxygens (including phenoxy) is 13. The van der Waals surface area contributed by atoms with E-state index in [1.54, 1.807) is 4.90 Å². The second-order valence-corrected chi connectivity index (χ2v) is 16.0. The normalized spacial score (nSPS) is 12.1. The number of fused-ring (bicyclic) bond motifs is 2. The molecule has 0 radical (unpaired) electrons. The Morgan fingerprint density at radius 2 is 0.841 bits per heavy atom. The average Bonchev–Trinajstić information content (AvgIpc) is 3.32. The summed E-state index contributed by atoms with van der Waals surface area (Å²) >= 11 is 0. The van der Waals surface area contributed by atoms with Crippen molar-refractivity contribution in [1.82, 2.24) is 10.6 Å². The van der Waals surface area contributed by atoms with E-state index in [1.165, 1.54) is 0 Å². The number of carbonyl (C=O) groups is 3. The minimum Gasteiger partial charge on any atom is -0.444 e. The number of nitrogens with one attached hydrogen (secondary N) is 2. The second kappa shape index (κ2) is 39.5. The van der Waals surface area contributed by atoms with Crippen LogP contribution in [0.3, 0.4) is 0 Å².